The predicted molar refractivity (Wildman–Crippen MR) is 78.4 cm³/mol. The van der Waals surface area contributed by atoms with Crippen LogP contribution in [0.4, 0.5) is 5.69 Å². The molecule has 3 N–H and O–H groups in total. The number of anilines is 1. The van der Waals surface area contributed by atoms with Gasteiger partial charge in [0.15, 0.2) is 0 Å². The van der Waals surface area contributed by atoms with E-state index in [1.807, 2.05) is 39.0 Å². The molecule has 4 heteroatoms. The van der Waals surface area contributed by atoms with Gasteiger partial charge < -0.3 is 15.7 Å². The van der Waals surface area contributed by atoms with E-state index < -0.39 is 6.10 Å². The third-order valence-corrected chi connectivity index (χ3v) is 2.74. The van der Waals surface area contributed by atoms with Crippen molar-refractivity contribution in [1.82, 2.24) is 5.32 Å². The van der Waals surface area contributed by atoms with Crippen molar-refractivity contribution >= 4 is 11.6 Å². The molecule has 0 aromatic heterocycles. The van der Waals surface area contributed by atoms with Crippen molar-refractivity contribution in [2.24, 2.45) is 0 Å². The zero-order valence-corrected chi connectivity index (χ0v) is 11.9. The Morgan fingerprint density at radius 1 is 1.32 bits per heavy atom. The van der Waals surface area contributed by atoms with Gasteiger partial charge in [0.25, 0.3) is 5.91 Å². The quantitative estimate of drug-likeness (QED) is 0.708. The standard InChI is InChI=1S/C15H24N2O2/c1-4-7-12(18)10-16-15(19)13-8-5-6-9-14(13)17-11(2)3/h5-6,8-9,11-12,17-18H,4,7,10H2,1-3H3,(H,16,19). The number of aliphatic hydroxyl groups is 1. The fraction of sp³-hybridized carbons (Fsp3) is 0.533. The summed E-state index contributed by atoms with van der Waals surface area (Å²) < 4.78 is 0. The van der Waals surface area contributed by atoms with Crippen molar-refractivity contribution in [2.75, 3.05) is 11.9 Å². The molecule has 0 saturated heterocycles. The van der Waals surface area contributed by atoms with Crippen molar-refractivity contribution in [3.63, 3.8) is 0 Å². The zero-order valence-electron chi connectivity index (χ0n) is 11.9. The lowest BCUT2D eigenvalue weighted by molar-refractivity contribution is 0.0911. The highest BCUT2D eigenvalue weighted by atomic mass is 16.3. The van der Waals surface area contributed by atoms with Gasteiger partial charge in [-0.15, -0.1) is 0 Å². The Morgan fingerprint density at radius 2 is 2.00 bits per heavy atom. The summed E-state index contributed by atoms with van der Waals surface area (Å²) in [6.07, 6.45) is 1.13. The summed E-state index contributed by atoms with van der Waals surface area (Å²) in [5.74, 6) is -0.154. The molecule has 0 saturated carbocycles. The van der Waals surface area contributed by atoms with E-state index in [2.05, 4.69) is 10.6 Å². The van der Waals surface area contributed by atoms with Crippen LogP contribution in [0.5, 0.6) is 0 Å². The van der Waals surface area contributed by atoms with Gasteiger partial charge >= 0.3 is 0 Å². The first-order chi connectivity index (χ1) is 9.04. The minimum absolute atomic E-state index is 0.154. The lowest BCUT2D eigenvalue weighted by Gasteiger charge is -2.15. The van der Waals surface area contributed by atoms with Crippen LogP contribution in [0, 0.1) is 0 Å². The van der Waals surface area contributed by atoms with Gasteiger partial charge in [0.2, 0.25) is 0 Å². The van der Waals surface area contributed by atoms with Gasteiger partial charge in [0.05, 0.1) is 11.7 Å². The third-order valence-electron chi connectivity index (χ3n) is 2.74. The fourth-order valence-electron chi connectivity index (χ4n) is 1.86. The monoisotopic (exact) mass is 264 g/mol. The summed E-state index contributed by atoms with van der Waals surface area (Å²) in [5.41, 5.74) is 1.43. The van der Waals surface area contributed by atoms with Gasteiger partial charge in [-0.25, -0.2) is 0 Å². The first kappa shape index (κ1) is 15.5. The van der Waals surface area contributed by atoms with Crippen molar-refractivity contribution < 1.29 is 9.90 Å². The smallest absolute Gasteiger partial charge is 0.253 e. The number of aliphatic hydroxyl groups excluding tert-OH is 1. The van der Waals surface area contributed by atoms with E-state index in [-0.39, 0.29) is 11.9 Å². The number of rotatable bonds is 7. The lowest BCUT2D eigenvalue weighted by Crippen LogP contribution is -2.32. The van der Waals surface area contributed by atoms with Gasteiger partial charge in [-0.05, 0) is 32.4 Å². The van der Waals surface area contributed by atoms with E-state index in [4.69, 9.17) is 0 Å². The molecule has 1 unspecified atom stereocenters. The number of carbonyl (C=O) groups is 1. The summed E-state index contributed by atoms with van der Waals surface area (Å²) in [4.78, 5) is 12.1. The van der Waals surface area contributed by atoms with Gasteiger partial charge in [-0.3, -0.25) is 4.79 Å². The Kier molecular flexibility index (Phi) is 6.36. The molecule has 106 valence electrons. The number of amides is 1. The predicted octanol–water partition coefficient (Wildman–Crippen LogP) is 2.40. The fourth-order valence-corrected chi connectivity index (χ4v) is 1.86. The van der Waals surface area contributed by atoms with Crippen LogP contribution in [0.15, 0.2) is 24.3 Å². The molecular weight excluding hydrogens is 240 g/mol. The number of carbonyl (C=O) groups excluding carboxylic acids is 1. The summed E-state index contributed by atoms with van der Waals surface area (Å²) in [7, 11) is 0. The third kappa shape index (κ3) is 5.30. The van der Waals surface area contributed by atoms with E-state index >= 15 is 0 Å². The van der Waals surface area contributed by atoms with Gasteiger partial charge in [-0.2, -0.15) is 0 Å². The summed E-state index contributed by atoms with van der Waals surface area (Å²) in [5, 5.41) is 15.6. The molecule has 1 atom stereocenters. The van der Waals surface area contributed by atoms with Crippen LogP contribution in [0.1, 0.15) is 44.0 Å². The summed E-state index contributed by atoms with van der Waals surface area (Å²) >= 11 is 0. The van der Waals surface area contributed by atoms with Crippen molar-refractivity contribution in [3.05, 3.63) is 29.8 Å². The maximum absolute atomic E-state index is 12.1. The molecule has 1 rings (SSSR count). The molecule has 1 amide bonds. The zero-order chi connectivity index (χ0) is 14.3. The summed E-state index contributed by atoms with van der Waals surface area (Å²) in [6.45, 7) is 6.36. The number of para-hydroxylation sites is 1. The van der Waals surface area contributed by atoms with E-state index in [0.717, 1.165) is 12.1 Å². The molecule has 1 aromatic carbocycles. The average molecular weight is 264 g/mol. The Bertz CT molecular complexity index is 405. The first-order valence-electron chi connectivity index (χ1n) is 6.86. The maximum Gasteiger partial charge on any atom is 0.253 e. The molecule has 1 aromatic rings. The van der Waals surface area contributed by atoms with E-state index in [0.29, 0.717) is 18.5 Å². The maximum atomic E-state index is 12.1. The normalized spacial score (nSPS) is 12.3. The molecule has 0 bridgehead atoms. The van der Waals surface area contributed by atoms with Crippen LogP contribution >= 0.6 is 0 Å². The number of hydrogen-bond acceptors (Lipinski definition) is 3. The minimum atomic E-state index is -0.473. The largest absolute Gasteiger partial charge is 0.391 e. The topological polar surface area (TPSA) is 61.4 Å². The van der Waals surface area contributed by atoms with Crippen molar-refractivity contribution in [2.45, 2.75) is 45.8 Å². The van der Waals surface area contributed by atoms with Gasteiger partial charge in [-0.1, -0.05) is 25.5 Å². The van der Waals surface area contributed by atoms with Crippen molar-refractivity contribution in [3.8, 4) is 0 Å². The second kappa shape index (κ2) is 7.79. The van der Waals surface area contributed by atoms with Crippen LogP contribution in [-0.2, 0) is 0 Å². The Labute approximate surface area is 115 Å². The van der Waals surface area contributed by atoms with Crippen LogP contribution in [0.3, 0.4) is 0 Å². The van der Waals surface area contributed by atoms with E-state index in [1.54, 1.807) is 6.07 Å². The highest BCUT2D eigenvalue weighted by Gasteiger charge is 2.12. The molecule has 4 nitrogen and oxygen atoms in total. The molecule has 0 heterocycles. The van der Waals surface area contributed by atoms with Crippen LogP contribution in [-0.4, -0.2) is 29.7 Å². The molecule has 0 aliphatic rings. The highest BCUT2D eigenvalue weighted by Crippen LogP contribution is 2.15. The highest BCUT2D eigenvalue weighted by molar-refractivity contribution is 5.99. The molecule has 0 aliphatic heterocycles. The van der Waals surface area contributed by atoms with Gasteiger partial charge in [0.1, 0.15) is 0 Å². The average Bonchev–Trinajstić information content (AvgIpc) is 2.36. The molecule has 19 heavy (non-hydrogen) atoms. The second-order valence-corrected chi connectivity index (χ2v) is 5.00. The number of hydrogen-bond donors (Lipinski definition) is 3. The lowest BCUT2D eigenvalue weighted by atomic mass is 10.1. The minimum Gasteiger partial charge on any atom is -0.391 e. The second-order valence-electron chi connectivity index (χ2n) is 5.00. The van der Waals surface area contributed by atoms with Crippen LogP contribution in [0.2, 0.25) is 0 Å². The van der Waals surface area contributed by atoms with E-state index in [1.165, 1.54) is 0 Å². The Hall–Kier alpha value is -1.55. The van der Waals surface area contributed by atoms with Crippen LogP contribution in [0.25, 0.3) is 0 Å². The van der Waals surface area contributed by atoms with Crippen molar-refractivity contribution in [1.29, 1.82) is 0 Å². The van der Waals surface area contributed by atoms with Crippen LogP contribution < -0.4 is 10.6 Å². The molecule has 0 spiro atoms. The number of nitrogens with one attached hydrogen (secondary N) is 2. The van der Waals surface area contributed by atoms with Gasteiger partial charge in [0, 0.05) is 18.3 Å². The Balaban J connectivity index is 2.66. The molecular formula is C15H24N2O2. The first-order valence-corrected chi connectivity index (χ1v) is 6.86. The van der Waals surface area contributed by atoms with E-state index in [9.17, 15) is 9.90 Å². The molecule has 0 radical (unpaired) electrons. The Morgan fingerprint density at radius 3 is 2.63 bits per heavy atom. The molecule has 0 aliphatic carbocycles. The number of benzene rings is 1. The molecule has 0 fully saturated rings. The summed E-state index contributed by atoms with van der Waals surface area (Å²) in [6, 6.07) is 7.67. The SMILES string of the molecule is CCCC(O)CNC(=O)c1ccccc1NC(C)C.